The van der Waals surface area contributed by atoms with Crippen molar-refractivity contribution in [3.05, 3.63) is 42.5 Å². The number of benzene rings is 2. The molecular weight excluding hydrogens is 262 g/mol. The molecular formula is C18H25NO2. The Kier molecular flexibility index (Phi) is 6.51. The number of ether oxygens (including phenoxy) is 1. The van der Waals surface area contributed by atoms with Crippen molar-refractivity contribution in [3.63, 3.8) is 0 Å². The third-order valence-corrected chi connectivity index (χ3v) is 3.64. The van der Waals surface area contributed by atoms with Crippen LogP contribution in [0.15, 0.2) is 42.5 Å². The summed E-state index contributed by atoms with van der Waals surface area (Å²) in [7, 11) is 0. The molecule has 2 rings (SSSR count). The third kappa shape index (κ3) is 5.03. The molecule has 0 amide bonds. The predicted molar refractivity (Wildman–Crippen MR) is 87.9 cm³/mol. The highest BCUT2D eigenvalue weighted by Crippen LogP contribution is 2.20. The molecule has 0 unspecified atom stereocenters. The van der Waals surface area contributed by atoms with Gasteiger partial charge < -0.3 is 9.84 Å². The Morgan fingerprint density at radius 3 is 2.57 bits per heavy atom. The molecule has 2 aromatic rings. The number of unbranched alkanes of at least 4 members (excludes halogenated alkanes) is 1. The van der Waals surface area contributed by atoms with Gasteiger partial charge in [-0.1, -0.05) is 43.7 Å². The molecule has 0 aromatic heterocycles. The summed E-state index contributed by atoms with van der Waals surface area (Å²) in [6, 6.07) is 14.5. The molecule has 2 aromatic carbocycles. The minimum Gasteiger partial charge on any atom is -0.492 e. The molecule has 114 valence electrons. The van der Waals surface area contributed by atoms with Gasteiger partial charge in [-0.15, -0.1) is 0 Å². The van der Waals surface area contributed by atoms with Gasteiger partial charge in [-0.3, -0.25) is 4.90 Å². The van der Waals surface area contributed by atoms with E-state index in [9.17, 15) is 0 Å². The van der Waals surface area contributed by atoms with Crippen LogP contribution in [0.2, 0.25) is 0 Å². The van der Waals surface area contributed by atoms with E-state index < -0.39 is 0 Å². The number of aliphatic hydroxyl groups excluding tert-OH is 1. The van der Waals surface area contributed by atoms with Crippen molar-refractivity contribution in [2.75, 3.05) is 32.8 Å². The Labute approximate surface area is 127 Å². The van der Waals surface area contributed by atoms with E-state index in [0.717, 1.165) is 31.8 Å². The number of aliphatic hydroxyl groups is 1. The summed E-state index contributed by atoms with van der Waals surface area (Å²) in [6.07, 6.45) is 2.34. The van der Waals surface area contributed by atoms with Gasteiger partial charge in [0.05, 0.1) is 6.61 Å². The topological polar surface area (TPSA) is 32.7 Å². The van der Waals surface area contributed by atoms with Crippen LogP contribution in [0.4, 0.5) is 0 Å². The van der Waals surface area contributed by atoms with E-state index in [2.05, 4.69) is 36.1 Å². The minimum atomic E-state index is 0.208. The lowest BCUT2D eigenvalue weighted by atomic mass is 10.1. The second-order valence-corrected chi connectivity index (χ2v) is 5.28. The molecule has 0 radical (unpaired) electrons. The highest BCUT2D eigenvalue weighted by atomic mass is 16.5. The highest BCUT2D eigenvalue weighted by Gasteiger charge is 2.04. The second-order valence-electron chi connectivity index (χ2n) is 5.28. The van der Waals surface area contributed by atoms with Crippen molar-refractivity contribution in [2.45, 2.75) is 19.8 Å². The number of rotatable bonds is 9. The molecule has 0 fully saturated rings. The lowest BCUT2D eigenvalue weighted by Crippen LogP contribution is -2.32. The van der Waals surface area contributed by atoms with Gasteiger partial charge in [-0.2, -0.15) is 0 Å². The summed E-state index contributed by atoms with van der Waals surface area (Å²) in [5.74, 6) is 0.910. The molecule has 3 heteroatoms. The maximum atomic E-state index is 9.09. The molecule has 0 bridgehead atoms. The van der Waals surface area contributed by atoms with E-state index in [1.54, 1.807) is 0 Å². The van der Waals surface area contributed by atoms with E-state index in [0.29, 0.717) is 6.61 Å². The van der Waals surface area contributed by atoms with Crippen molar-refractivity contribution < 1.29 is 9.84 Å². The van der Waals surface area contributed by atoms with Crippen LogP contribution in [-0.4, -0.2) is 42.9 Å². The molecule has 0 atom stereocenters. The number of fused-ring (bicyclic) bond motifs is 1. The monoisotopic (exact) mass is 287 g/mol. The zero-order valence-electron chi connectivity index (χ0n) is 12.8. The van der Waals surface area contributed by atoms with Crippen LogP contribution in [0.5, 0.6) is 5.75 Å². The normalized spacial score (nSPS) is 11.2. The van der Waals surface area contributed by atoms with Crippen molar-refractivity contribution in [1.29, 1.82) is 0 Å². The van der Waals surface area contributed by atoms with Crippen LogP contribution in [-0.2, 0) is 0 Å². The van der Waals surface area contributed by atoms with Gasteiger partial charge in [-0.25, -0.2) is 0 Å². The van der Waals surface area contributed by atoms with E-state index in [1.165, 1.54) is 17.2 Å². The van der Waals surface area contributed by atoms with E-state index in [-0.39, 0.29) is 6.61 Å². The Morgan fingerprint density at radius 1 is 1.00 bits per heavy atom. The van der Waals surface area contributed by atoms with Gasteiger partial charge in [0, 0.05) is 13.1 Å². The fourth-order valence-corrected chi connectivity index (χ4v) is 2.41. The van der Waals surface area contributed by atoms with Crippen molar-refractivity contribution in [2.24, 2.45) is 0 Å². The molecule has 0 aliphatic heterocycles. The van der Waals surface area contributed by atoms with Crippen LogP contribution in [0.25, 0.3) is 10.8 Å². The fraction of sp³-hybridized carbons (Fsp3) is 0.444. The Hall–Kier alpha value is -1.58. The zero-order valence-corrected chi connectivity index (χ0v) is 12.8. The summed E-state index contributed by atoms with van der Waals surface area (Å²) in [4.78, 5) is 2.25. The molecule has 0 spiro atoms. The fourth-order valence-electron chi connectivity index (χ4n) is 2.41. The number of hydrogen-bond acceptors (Lipinski definition) is 3. The maximum Gasteiger partial charge on any atom is 0.120 e. The first-order valence-electron chi connectivity index (χ1n) is 7.78. The number of nitrogens with zero attached hydrogens (tertiary/aromatic N) is 1. The van der Waals surface area contributed by atoms with Crippen LogP contribution in [0.1, 0.15) is 19.8 Å². The van der Waals surface area contributed by atoms with E-state index >= 15 is 0 Å². The summed E-state index contributed by atoms with van der Waals surface area (Å²) in [5.41, 5.74) is 0. The van der Waals surface area contributed by atoms with E-state index in [1.807, 2.05) is 18.2 Å². The quantitative estimate of drug-likeness (QED) is 0.768. The Morgan fingerprint density at radius 2 is 1.81 bits per heavy atom. The summed E-state index contributed by atoms with van der Waals surface area (Å²) in [5, 5.41) is 11.5. The van der Waals surface area contributed by atoms with Gasteiger partial charge in [0.2, 0.25) is 0 Å². The van der Waals surface area contributed by atoms with Gasteiger partial charge >= 0.3 is 0 Å². The first kappa shape index (κ1) is 15.8. The van der Waals surface area contributed by atoms with E-state index in [4.69, 9.17) is 9.84 Å². The molecule has 0 aliphatic rings. The first-order chi connectivity index (χ1) is 10.3. The molecule has 3 nitrogen and oxygen atoms in total. The number of hydrogen-bond donors (Lipinski definition) is 1. The van der Waals surface area contributed by atoms with Crippen molar-refractivity contribution >= 4 is 10.8 Å². The van der Waals surface area contributed by atoms with Crippen LogP contribution in [0.3, 0.4) is 0 Å². The van der Waals surface area contributed by atoms with Crippen molar-refractivity contribution in [3.8, 4) is 5.75 Å². The highest BCUT2D eigenvalue weighted by molar-refractivity contribution is 5.83. The summed E-state index contributed by atoms with van der Waals surface area (Å²) >= 11 is 0. The predicted octanol–water partition coefficient (Wildman–Crippen LogP) is 3.31. The maximum absolute atomic E-state index is 9.09. The average Bonchev–Trinajstić information content (AvgIpc) is 2.52. The summed E-state index contributed by atoms with van der Waals surface area (Å²) < 4.78 is 5.85. The molecule has 0 saturated carbocycles. The summed E-state index contributed by atoms with van der Waals surface area (Å²) in [6.45, 7) is 5.65. The molecule has 0 saturated heterocycles. The Balaban J connectivity index is 1.85. The SMILES string of the molecule is CCCCN(CCO)CCOc1ccc2ccccc2c1. The molecule has 0 aliphatic carbocycles. The standard InChI is InChI=1S/C18H25NO2/c1-2-3-10-19(11-13-20)12-14-21-18-9-8-16-6-4-5-7-17(16)15-18/h4-9,15,20H,2-3,10-14H2,1H3. The van der Waals surface area contributed by atoms with Gasteiger partial charge in [0.1, 0.15) is 12.4 Å². The van der Waals surface area contributed by atoms with Crippen LogP contribution in [0, 0.1) is 0 Å². The third-order valence-electron chi connectivity index (χ3n) is 3.64. The lowest BCUT2D eigenvalue weighted by Gasteiger charge is -2.21. The molecule has 1 N–H and O–H groups in total. The molecule has 21 heavy (non-hydrogen) atoms. The first-order valence-corrected chi connectivity index (χ1v) is 7.78. The average molecular weight is 287 g/mol. The minimum absolute atomic E-state index is 0.208. The van der Waals surface area contributed by atoms with Crippen LogP contribution < -0.4 is 4.74 Å². The smallest absolute Gasteiger partial charge is 0.120 e. The zero-order chi connectivity index (χ0) is 14.9. The van der Waals surface area contributed by atoms with Crippen molar-refractivity contribution in [1.82, 2.24) is 4.90 Å². The van der Waals surface area contributed by atoms with Crippen LogP contribution >= 0.6 is 0 Å². The van der Waals surface area contributed by atoms with Gasteiger partial charge in [-0.05, 0) is 35.9 Å². The van der Waals surface area contributed by atoms with Gasteiger partial charge in [0.15, 0.2) is 0 Å². The Bertz CT molecular complexity index is 541. The largest absolute Gasteiger partial charge is 0.492 e. The molecule has 0 heterocycles. The lowest BCUT2D eigenvalue weighted by molar-refractivity contribution is 0.167. The van der Waals surface area contributed by atoms with Gasteiger partial charge in [0.25, 0.3) is 0 Å². The second kappa shape index (κ2) is 8.65.